The van der Waals surface area contributed by atoms with E-state index in [-0.39, 0.29) is 18.0 Å². The van der Waals surface area contributed by atoms with Crippen molar-refractivity contribution in [1.82, 2.24) is 0 Å². The molecule has 0 atom stereocenters. The van der Waals surface area contributed by atoms with Gasteiger partial charge in [-0.15, -0.1) is 0 Å². The fraction of sp³-hybridized carbons (Fsp3) is 0.455. The number of aliphatic hydroxyl groups is 1. The molecular formula is C11H15NO5. The van der Waals surface area contributed by atoms with Crippen molar-refractivity contribution in [3.63, 3.8) is 0 Å². The van der Waals surface area contributed by atoms with E-state index < -0.39 is 10.5 Å². The van der Waals surface area contributed by atoms with Crippen LogP contribution in [0.4, 0.5) is 5.69 Å². The van der Waals surface area contributed by atoms with Gasteiger partial charge >= 0.3 is 0 Å². The largest absolute Gasteiger partial charge is 0.496 e. The first-order chi connectivity index (χ1) is 7.88. The summed E-state index contributed by atoms with van der Waals surface area (Å²) in [5.74, 6) is 0.623. The van der Waals surface area contributed by atoms with Crippen molar-refractivity contribution in [3.8, 4) is 11.5 Å². The van der Waals surface area contributed by atoms with Gasteiger partial charge in [-0.2, -0.15) is 0 Å². The third kappa shape index (κ3) is 3.60. The molecule has 0 saturated carbocycles. The van der Waals surface area contributed by atoms with Crippen LogP contribution in [-0.2, 0) is 0 Å². The molecule has 0 radical (unpaired) electrons. The zero-order chi connectivity index (χ0) is 13.1. The highest BCUT2D eigenvalue weighted by molar-refractivity contribution is 5.46. The second kappa shape index (κ2) is 5.01. The van der Waals surface area contributed by atoms with Crippen molar-refractivity contribution in [2.24, 2.45) is 0 Å². The van der Waals surface area contributed by atoms with E-state index in [2.05, 4.69) is 0 Å². The number of nitro benzene ring substituents is 1. The Balaban J connectivity index is 3.07. The maximum absolute atomic E-state index is 10.7. The van der Waals surface area contributed by atoms with Crippen LogP contribution in [0.25, 0.3) is 0 Å². The van der Waals surface area contributed by atoms with E-state index in [1.807, 2.05) is 0 Å². The van der Waals surface area contributed by atoms with Gasteiger partial charge in [-0.3, -0.25) is 10.1 Å². The summed E-state index contributed by atoms with van der Waals surface area (Å²) in [5.41, 5.74) is -0.923. The highest BCUT2D eigenvalue weighted by Gasteiger charge is 2.20. The zero-order valence-electron chi connectivity index (χ0n) is 9.97. The Hall–Kier alpha value is -1.82. The van der Waals surface area contributed by atoms with Crippen LogP contribution in [0.1, 0.15) is 13.8 Å². The lowest BCUT2D eigenvalue weighted by molar-refractivity contribution is -0.385. The summed E-state index contributed by atoms with van der Waals surface area (Å²) >= 11 is 0. The van der Waals surface area contributed by atoms with Gasteiger partial charge < -0.3 is 14.6 Å². The van der Waals surface area contributed by atoms with Crippen molar-refractivity contribution in [2.45, 2.75) is 19.4 Å². The molecule has 94 valence electrons. The Morgan fingerprint density at radius 3 is 2.41 bits per heavy atom. The lowest BCUT2D eigenvalue weighted by Crippen LogP contribution is -2.32. The van der Waals surface area contributed by atoms with Gasteiger partial charge in [0.1, 0.15) is 17.1 Å². The molecule has 0 spiro atoms. The Bertz CT molecular complexity index is 416. The molecule has 0 unspecified atom stereocenters. The highest BCUT2D eigenvalue weighted by Crippen LogP contribution is 2.29. The van der Waals surface area contributed by atoms with Gasteiger partial charge in [0.15, 0.2) is 0 Å². The molecule has 17 heavy (non-hydrogen) atoms. The fourth-order valence-electron chi connectivity index (χ4n) is 1.19. The van der Waals surface area contributed by atoms with Gasteiger partial charge in [-0.25, -0.2) is 0 Å². The molecule has 0 aromatic heterocycles. The molecule has 0 saturated heterocycles. The first-order valence-electron chi connectivity index (χ1n) is 5.01. The summed E-state index contributed by atoms with van der Waals surface area (Å²) in [4.78, 5) is 10.2. The van der Waals surface area contributed by atoms with E-state index >= 15 is 0 Å². The Morgan fingerprint density at radius 2 is 1.94 bits per heavy atom. The second-order valence-corrected chi connectivity index (χ2v) is 4.14. The quantitative estimate of drug-likeness (QED) is 0.627. The Morgan fingerprint density at radius 1 is 1.35 bits per heavy atom. The van der Waals surface area contributed by atoms with Crippen LogP contribution in [0, 0.1) is 10.1 Å². The van der Waals surface area contributed by atoms with E-state index in [0.717, 1.165) is 0 Å². The fourth-order valence-corrected chi connectivity index (χ4v) is 1.19. The number of nitrogens with zero attached hydrogens (tertiary/aromatic N) is 1. The number of rotatable bonds is 5. The predicted molar refractivity (Wildman–Crippen MR) is 61.4 cm³/mol. The van der Waals surface area contributed by atoms with E-state index in [1.54, 1.807) is 13.8 Å². The molecule has 0 aliphatic rings. The molecule has 6 nitrogen and oxygen atoms in total. The lowest BCUT2D eigenvalue weighted by Gasteiger charge is -2.23. The van der Waals surface area contributed by atoms with E-state index in [4.69, 9.17) is 14.6 Å². The van der Waals surface area contributed by atoms with Crippen molar-refractivity contribution in [3.05, 3.63) is 28.3 Å². The van der Waals surface area contributed by atoms with Crippen LogP contribution >= 0.6 is 0 Å². The van der Waals surface area contributed by atoms with Crippen LogP contribution in [0.15, 0.2) is 18.2 Å². The first-order valence-corrected chi connectivity index (χ1v) is 5.01. The number of hydrogen-bond acceptors (Lipinski definition) is 5. The van der Waals surface area contributed by atoms with Gasteiger partial charge in [-0.05, 0) is 13.8 Å². The van der Waals surface area contributed by atoms with Crippen LogP contribution < -0.4 is 9.47 Å². The molecule has 1 aromatic rings. The van der Waals surface area contributed by atoms with Crippen LogP contribution in [-0.4, -0.2) is 29.3 Å². The number of ether oxygens (including phenoxy) is 2. The molecular weight excluding hydrogens is 226 g/mol. The van der Waals surface area contributed by atoms with Gasteiger partial charge in [0.25, 0.3) is 5.69 Å². The van der Waals surface area contributed by atoms with Gasteiger partial charge in [-0.1, -0.05) is 0 Å². The summed E-state index contributed by atoms with van der Waals surface area (Å²) in [6.45, 7) is 3.16. The number of benzene rings is 1. The van der Waals surface area contributed by atoms with E-state index in [9.17, 15) is 10.1 Å². The normalized spacial score (nSPS) is 11.1. The smallest absolute Gasteiger partial charge is 0.276 e. The minimum absolute atomic E-state index is 0.118. The average Bonchev–Trinajstić information content (AvgIpc) is 2.28. The highest BCUT2D eigenvalue weighted by atomic mass is 16.6. The van der Waals surface area contributed by atoms with Gasteiger partial charge in [0, 0.05) is 6.07 Å². The lowest BCUT2D eigenvalue weighted by atomic mass is 10.1. The monoisotopic (exact) mass is 241 g/mol. The number of aliphatic hydroxyl groups excluding tert-OH is 1. The molecule has 0 heterocycles. The van der Waals surface area contributed by atoms with Crippen molar-refractivity contribution < 1.29 is 19.5 Å². The SMILES string of the molecule is COc1cc(OC(C)(C)CO)cc([N+](=O)[O-])c1. The Labute approximate surface area is 98.9 Å². The maximum Gasteiger partial charge on any atom is 0.276 e. The molecule has 0 bridgehead atoms. The number of non-ortho nitro benzene ring substituents is 1. The second-order valence-electron chi connectivity index (χ2n) is 4.14. The molecule has 1 N–H and O–H groups in total. The van der Waals surface area contributed by atoms with E-state index in [1.165, 1.54) is 25.3 Å². The van der Waals surface area contributed by atoms with Crippen LogP contribution in [0.3, 0.4) is 0 Å². The predicted octanol–water partition coefficient (Wildman–Crippen LogP) is 1.75. The molecule has 0 amide bonds. The average molecular weight is 241 g/mol. The molecule has 0 aliphatic heterocycles. The summed E-state index contributed by atoms with van der Waals surface area (Å²) in [7, 11) is 1.42. The maximum atomic E-state index is 10.7. The third-order valence-electron chi connectivity index (χ3n) is 2.09. The molecule has 1 rings (SSSR count). The molecule has 1 aromatic carbocycles. The van der Waals surface area contributed by atoms with Crippen molar-refractivity contribution in [1.29, 1.82) is 0 Å². The summed E-state index contributed by atoms with van der Waals surface area (Å²) in [6.07, 6.45) is 0. The minimum Gasteiger partial charge on any atom is -0.496 e. The van der Waals surface area contributed by atoms with Crippen molar-refractivity contribution in [2.75, 3.05) is 13.7 Å². The summed E-state index contributed by atoms with van der Waals surface area (Å²) < 4.78 is 10.4. The minimum atomic E-state index is -0.805. The Kier molecular flexibility index (Phi) is 3.90. The summed E-state index contributed by atoms with van der Waals surface area (Å²) in [5, 5.41) is 19.8. The zero-order valence-corrected chi connectivity index (χ0v) is 9.97. The molecule has 0 fully saturated rings. The molecule has 0 aliphatic carbocycles. The topological polar surface area (TPSA) is 81.8 Å². The van der Waals surface area contributed by atoms with Crippen molar-refractivity contribution >= 4 is 5.69 Å². The van der Waals surface area contributed by atoms with Crippen LogP contribution in [0.5, 0.6) is 11.5 Å². The summed E-state index contributed by atoms with van der Waals surface area (Å²) in [6, 6.07) is 4.13. The standard InChI is InChI=1S/C11H15NO5/c1-11(2,7-13)17-10-5-8(12(14)15)4-9(6-10)16-3/h4-6,13H,7H2,1-3H3. The molecule has 6 heteroatoms. The van der Waals surface area contributed by atoms with Gasteiger partial charge in [0.2, 0.25) is 0 Å². The van der Waals surface area contributed by atoms with Crippen LogP contribution in [0.2, 0.25) is 0 Å². The third-order valence-corrected chi connectivity index (χ3v) is 2.09. The number of methoxy groups -OCH3 is 1. The van der Waals surface area contributed by atoms with Gasteiger partial charge in [0.05, 0.1) is 30.8 Å². The number of hydrogen-bond donors (Lipinski definition) is 1. The number of nitro groups is 1. The van der Waals surface area contributed by atoms with E-state index in [0.29, 0.717) is 5.75 Å². The first kappa shape index (κ1) is 13.2.